The van der Waals surface area contributed by atoms with E-state index in [9.17, 15) is 15.3 Å². The minimum atomic E-state index is -1.38. The molecular weight excluding hydrogens is 266 g/mol. The van der Waals surface area contributed by atoms with Gasteiger partial charge in [-0.1, -0.05) is 0 Å². The van der Waals surface area contributed by atoms with Crippen LogP contribution in [0.25, 0.3) is 11.2 Å². The number of anilines is 1. The first-order chi connectivity index (χ1) is 9.61. The zero-order valence-corrected chi connectivity index (χ0v) is 10.5. The third-order valence-corrected chi connectivity index (χ3v) is 3.64. The van der Waals surface area contributed by atoms with Crippen molar-refractivity contribution >= 4 is 17.0 Å². The van der Waals surface area contributed by atoms with Gasteiger partial charge in [-0.15, -0.1) is 0 Å². The molecule has 0 saturated carbocycles. The number of hydrogen-bond donors (Lipinski definition) is 4. The summed E-state index contributed by atoms with van der Waals surface area (Å²) in [6.07, 6.45) is 1.42. The fourth-order valence-electron chi connectivity index (χ4n) is 2.39. The lowest BCUT2D eigenvalue weighted by Gasteiger charge is -2.27. The van der Waals surface area contributed by atoms with E-state index in [2.05, 4.69) is 15.0 Å². The molecule has 0 spiro atoms. The zero-order valence-electron chi connectivity index (χ0n) is 10.5. The van der Waals surface area contributed by atoms with E-state index in [-0.39, 0.29) is 12.2 Å². The van der Waals surface area contributed by atoms with E-state index < -0.39 is 31.1 Å². The van der Waals surface area contributed by atoms with Crippen LogP contribution in [0.2, 0.25) is 0 Å². The Balaban J connectivity index is 1.99. The lowest BCUT2D eigenvalue weighted by molar-refractivity contribution is -0.148. The summed E-state index contributed by atoms with van der Waals surface area (Å²) < 4.78 is 7.22. The number of aliphatic hydroxyl groups is 3. The molecule has 108 valence electrons. The van der Waals surface area contributed by atoms with Gasteiger partial charge in [0.15, 0.2) is 11.5 Å². The molecule has 5 N–H and O–H groups in total. The Morgan fingerprint density at radius 3 is 2.75 bits per heavy atom. The van der Waals surface area contributed by atoms with E-state index in [0.29, 0.717) is 11.2 Å². The van der Waals surface area contributed by atoms with Crippen molar-refractivity contribution in [2.24, 2.45) is 0 Å². The maximum absolute atomic E-state index is 10.00. The summed E-state index contributed by atoms with van der Waals surface area (Å²) in [6.45, 7) is -0.962. The zero-order chi connectivity index (χ0) is 14.3. The van der Waals surface area contributed by atoms with Gasteiger partial charge in [0.2, 0.25) is 0 Å². The molecule has 3 heterocycles. The number of aromatic nitrogens is 4. The van der Waals surface area contributed by atoms with Gasteiger partial charge in [0.05, 0.1) is 25.6 Å². The van der Waals surface area contributed by atoms with Gasteiger partial charge in [0.25, 0.3) is 0 Å². The van der Waals surface area contributed by atoms with Crippen molar-refractivity contribution in [3.8, 4) is 0 Å². The largest absolute Gasteiger partial charge is 0.393 e. The van der Waals surface area contributed by atoms with Crippen LogP contribution in [0, 0.1) is 0 Å². The average Bonchev–Trinajstić information content (AvgIpc) is 3.01. The van der Waals surface area contributed by atoms with Crippen LogP contribution in [0.3, 0.4) is 0 Å². The van der Waals surface area contributed by atoms with Crippen LogP contribution in [-0.4, -0.2) is 59.8 Å². The van der Waals surface area contributed by atoms with Crippen molar-refractivity contribution in [1.29, 1.82) is 0 Å². The predicted octanol–water partition coefficient (Wildman–Crippen LogP) is -1.59. The standard InChI is InChI=1S/C11H15N5O4/c12-9-8-10(14-4-13-9)16(5-15-8)7-1-6(19)11(2-17,3-18)20-7/h4-7,17-19H,1-3H2,(H2,12,13,14)/t6-,7-/m1/s1. The molecule has 1 fully saturated rings. The highest BCUT2D eigenvalue weighted by Gasteiger charge is 2.48. The summed E-state index contributed by atoms with van der Waals surface area (Å²) >= 11 is 0. The number of imidazole rings is 1. The number of nitrogens with zero attached hydrogens (tertiary/aromatic N) is 4. The van der Waals surface area contributed by atoms with Gasteiger partial charge in [0.1, 0.15) is 23.7 Å². The summed E-state index contributed by atoms with van der Waals surface area (Å²) in [4.78, 5) is 12.1. The Labute approximate surface area is 113 Å². The minimum Gasteiger partial charge on any atom is -0.393 e. The molecular formula is C11H15N5O4. The normalized spacial score (nSPS) is 25.4. The molecule has 3 rings (SSSR count). The fraction of sp³-hybridized carbons (Fsp3) is 0.545. The molecule has 1 aliphatic heterocycles. The topological polar surface area (TPSA) is 140 Å². The Bertz CT molecular complexity index is 626. The third kappa shape index (κ3) is 1.75. The number of ether oxygens (including phenoxy) is 1. The van der Waals surface area contributed by atoms with Crippen molar-refractivity contribution in [2.75, 3.05) is 18.9 Å². The van der Waals surface area contributed by atoms with E-state index in [1.54, 1.807) is 4.57 Å². The van der Waals surface area contributed by atoms with Crippen LogP contribution in [0.5, 0.6) is 0 Å². The third-order valence-electron chi connectivity index (χ3n) is 3.64. The first kappa shape index (κ1) is 13.2. The highest BCUT2D eigenvalue weighted by atomic mass is 16.6. The van der Waals surface area contributed by atoms with Gasteiger partial charge < -0.3 is 25.8 Å². The summed E-state index contributed by atoms with van der Waals surface area (Å²) in [5.41, 5.74) is 5.24. The summed E-state index contributed by atoms with van der Waals surface area (Å²) in [6, 6.07) is 0. The average molecular weight is 281 g/mol. The van der Waals surface area contributed by atoms with Crippen molar-refractivity contribution in [1.82, 2.24) is 19.5 Å². The maximum atomic E-state index is 10.00. The Hall–Kier alpha value is -1.81. The van der Waals surface area contributed by atoms with Crippen LogP contribution in [0.15, 0.2) is 12.7 Å². The molecule has 9 nitrogen and oxygen atoms in total. The van der Waals surface area contributed by atoms with E-state index >= 15 is 0 Å². The smallest absolute Gasteiger partial charge is 0.167 e. The molecule has 9 heteroatoms. The van der Waals surface area contributed by atoms with Gasteiger partial charge in [0, 0.05) is 6.42 Å². The Morgan fingerprint density at radius 1 is 1.35 bits per heavy atom. The minimum absolute atomic E-state index is 0.205. The molecule has 1 saturated heterocycles. The van der Waals surface area contributed by atoms with Gasteiger partial charge >= 0.3 is 0 Å². The molecule has 20 heavy (non-hydrogen) atoms. The molecule has 0 bridgehead atoms. The highest BCUT2D eigenvalue weighted by molar-refractivity contribution is 5.81. The molecule has 0 unspecified atom stereocenters. The van der Waals surface area contributed by atoms with Gasteiger partial charge in [-0.3, -0.25) is 4.57 Å². The van der Waals surface area contributed by atoms with Gasteiger partial charge in [-0.05, 0) is 0 Å². The second-order valence-electron chi connectivity index (χ2n) is 4.79. The number of rotatable bonds is 3. The second kappa shape index (κ2) is 4.63. The molecule has 0 amide bonds. The molecule has 0 radical (unpaired) electrons. The summed E-state index contributed by atoms with van der Waals surface area (Å²) in [5.74, 6) is 0.253. The maximum Gasteiger partial charge on any atom is 0.167 e. The van der Waals surface area contributed by atoms with Crippen molar-refractivity contribution in [2.45, 2.75) is 24.4 Å². The van der Waals surface area contributed by atoms with E-state index in [1.807, 2.05) is 0 Å². The first-order valence-corrected chi connectivity index (χ1v) is 6.12. The molecule has 0 aromatic carbocycles. The van der Waals surface area contributed by atoms with Crippen LogP contribution in [0.4, 0.5) is 5.82 Å². The van der Waals surface area contributed by atoms with E-state index in [0.717, 1.165) is 0 Å². The molecule has 1 aliphatic rings. The van der Waals surface area contributed by atoms with Crippen LogP contribution < -0.4 is 5.73 Å². The fourth-order valence-corrected chi connectivity index (χ4v) is 2.39. The summed E-state index contributed by atoms with van der Waals surface area (Å²) in [5, 5.41) is 28.7. The van der Waals surface area contributed by atoms with Crippen LogP contribution in [0.1, 0.15) is 12.6 Å². The van der Waals surface area contributed by atoms with Crippen LogP contribution in [-0.2, 0) is 4.74 Å². The lowest BCUT2D eigenvalue weighted by atomic mass is 9.99. The van der Waals surface area contributed by atoms with E-state index in [1.165, 1.54) is 12.7 Å². The van der Waals surface area contributed by atoms with Crippen molar-refractivity contribution in [3.05, 3.63) is 12.7 Å². The Kier molecular flexibility index (Phi) is 3.05. The monoisotopic (exact) mass is 281 g/mol. The SMILES string of the molecule is Nc1ncnc2c1ncn2[C@H]1C[C@@H](O)C(CO)(CO)O1. The number of fused-ring (bicyclic) bond motifs is 1. The highest BCUT2D eigenvalue weighted by Crippen LogP contribution is 2.37. The lowest BCUT2D eigenvalue weighted by Crippen LogP contribution is -2.46. The quantitative estimate of drug-likeness (QED) is 0.528. The molecule has 2 aromatic rings. The predicted molar refractivity (Wildman–Crippen MR) is 67.4 cm³/mol. The van der Waals surface area contributed by atoms with Gasteiger partial charge in [-0.25, -0.2) is 15.0 Å². The molecule has 2 atom stereocenters. The number of nitrogens with two attached hydrogens (primary N) is 1. The Morgan fingerprint density at radius 2 is 2.10 bits per heavy atom. The summed E-state index contributed by atoms with van der Waals surface area (Å²) in [7, 11) is 0. The molecule has 2 aromatic heterocycles. The van der Waals surface area contributed by atoms with Crippen molar-refractivity contribution in [3.63, 3.8) is 0 Å². The van der Waals surface area contributed by atoms with Crippen molar-refractivity contribution < 1.29 is 20.1 Å². The number of nitrogen functional groups attached to an aromatic ring is 1. The van der Waals surface area contributed by atoms with E-state index in [4.69, 9.17) is 10.5 Å². The van der Waals surface area contributed by atoms with Gasteiger partial charge in [-0.2, -0.15) is 0 Å². The number of aliphatic hydroxyl groups excluding tert-OH is 3. The first-order valence-electron chi connectivity index (χ1n) is 6.12. The van der Waals surface area contributed by atoms with Crippen LogP contribution >= 0.6 is 0 Å². The second-order valence-corrected chi connectivity index (χ2v) is 4.79. The number of hydrogen-bond acceptors (Lipinski definition) is 8. The molecule has 0 aliphatic carbocycles.